The van der Waals surface area contributed by atoms with Gasteiger partial charge in [0.05, 0.1) is 5.56 Å². The summed E-state index contributed by atoms with van der Waals surface area (Å²) >= 11 is 0. The van der Waals surface area contributed by atoms with Gasteiger partial charge in [0.25, 0.3) is 5.91 Å². The molecule has 152 valence electrons. The van der Waals surface area contributed by atoms with Gasteiger partial charge in [0.1, 0.15) is 0 Å². The van der Waals surface area contributed by atoms with Crippen LogP contribution in [0.4, 0.5) is 5.69 Å². The number of carbonyl (C=O) groups excluding carboxylic acids is 2. The van der Waals surface area contributed by atoms with Crippen molar-refractivity contribution < 1.29 is 14.3 Å². The van der Waals surface area contributed by atoms with E-state index in [2.05, 4.69) is 17.0 Å². The summed E-state index contributed by atoms with van der Waals surface area (Å²) in [5.74, 6) is -0.536. The van der Waals surface area contributed by atoms with Crippen LogP contribution in [0.5, 0.6) is 0 Å². The van der Waals surface area contributed by atoms with Crippen LogP contribution in [0.3, 0.4) is 0 Å². The van der Waals surface area contributed by atoms with E-state index in [4.69, 9.17) is 4.74 Å². The highest BCUT2D eigenvalue weighted by molar-refractivity contribution is 5.92. The lowest BCUT2D eigenvalue weighted by molar-refractivity contribution is -0.140. The summed E-state index contributed by atoms with van der Waals surface area (Å²) in [4.78, 5) is 29.4. The molecule has 0 radical (unpaired) electrons. The number of nitrogens with zero attached hydrogens (tertiary/aromatic N) is 2. The van der Waals surface area contributed by atoms with Crippen molar-refractivity contribution in [3.8, 4) is 0 Å². The van der Waals surface area contributed by atoms with Crippen LogP contribution in [0.1, 0.15) is 41.3 Å². The van der Waals surface area contributed by atoms with Crippen molar-refractivity contribution in [2.75, 3.05) is 31.1 Å². The zero-order chi connectivity index (χ0) is 20.2. The molecule has 1 amide bonds. The lowest BCUT2D eigenvalue weighted by atomic mass is 9.90. The van der Waals surface area contributed by atoms with Gasteiger partial charge >= 0.3 is 5.97 Å². The normalized spacial score (nSPS) is 17.4. The van der Waals surface area contributed by atoms with Crippen LogP contribution < -0.4 is 4.90 Å². The van der Waals surface area contributed by atoms with E-state index in [-0.39, 0.29) is 5.91 Å². The average Bonchev–Trinajstić information content (AvgIpc) is 2.79. The van der Waals surface area contributed by atoms with Crippen molar-refractivity contribution in [3.05, 3.63) is 65.2 Å². The second kappa shape index (κ2) is 8.68. The van der Waals surface area contributed by atoms with Crippen LogP contribution in [0.25, 0.3) is 0 Å². The Labute approximate surface area is 172 Å². The summed E-state index contributed by atoms with van der Waals surface area (Å²) in [6.07, 6.45) is 3.68. The molecule has 1 aliphatic carbocycles. The molecule has 0 bridgehead atoms. The number of aryl methyl sites for hydroxylation is 2. The molecule has 2 aliphatic rings. The van der Waals surface area contributed by atoms with Gasteiger partial charge in [0.15, 0.2) is 6.10 Å². The highest BCUT2D eigenvalue weighted by atomic mass is 16.5. The molecule has 0 N–H and O–H groups in total. The van der Waals surface area contributed by atoms with Gasteiger partial charge in [-0.1, -0.05) is 24.3 Å². The van der Waals surface area contributed by atoms with Gasteiger partial charge in [-0.3, -0.25) is 4.79 Å². The maximum absolute atomic E-state index is 12.8. The SMILES string of the molecule is C[C@H](OC(=O)c1ccc2c(c1)CCCC2)C(=O)N1CCN(c2ccccc2)CC1. The first-order valence-electron chi connectivity index (χ1n) is 10.5. The maximum atomic E-state index is 12.8. The van der Waals surface area contributed by atoms with Crippen LogP contribution in [0, 0.1) is 0 Å². The second-order valence-electron chi connectivity index (χ2n) is 7.89. The first-order valence-corrected chi connectivity index (χ1v) is 10.5. The van der Waals surface area contributed by atoms with Crippen molar-refractivity contribution in [2.24, 2.45) is 0 Å². The van der Waals surface area contributed by atoms with Crippen LogP contribution in [-0.4, -0.2) is 49.1 Å². The zero-order valence-corrected chi connectivity index (χ0v) is 17.0. The molecule has 1 atom stereocenters. The van der Waals surface area contributed by atoms with E-state index >= 15 is 0 Å². The van der Waals surface area contributed by atoms with Crippen LogP contribution in [-0.2, 0) is 22.4 Å². The summed E-state index contributed by atoms with van der Waals surface area (Å²) in [5, 5.41) is 0. The molecule has 0 saturated carbocycles. The lowest BCUT2D eigenvalue weighted by Crippen LogP contribution is -2.51. The number of anilines is 1. The molecule has 0 aromatic heterocycles. The number of ether oxygens (including phenoxy) is 1. The van der Waals surface area contributed by atoms with E-state index in [0.717, 1.165) is 32.4 Å². The molecule has 5 nitrogen and oxygen atoms in total. The fourth-order valence-corrected chi connectivity index (χ4v) is 4.22. The van der Waals surface area contributed by atoms with Gasteiger partial charge in [0.2, 0.25) is 0 Å². The van der Waals surface area contributed by atoms with Crippen molar-refractivity contribution in [2.45, 2.75) is 38.7 Å². The first-order chi connectivity index (χ1) is 14.1. The number of rotatable bonds is 4. The van der Waals surface area contributed by atoms with Gasteiger partial charge in [-0.2, -0.15) is 0 Å². The summed E-state index contributed by atoms with van der Waals surface area (Å²) in [5.41, 5.74) is 4.28. The second-order valence-corrected chi connectivity index (χ2v) is 7.89. The predicted octanol–water partition coefficient (Wildman–Crippen LogP) is 3.46. The Morgan fingerprint density at radius 3 is 2.31 bits per heavy atom. The number of hydrogen-bond acceptors (Lipinski definition) is 4. The summed E-state index contributed by atoms with van der Waals surface area (Å²) < 4.78 is 5.51. The largest absolute Gasteiger partial charge is 0.449 e. The van der Waals surface area contributed by atoms with Crippen molar-refractivity contribution in [3.63, 3.8) is 0 Å². The lowest BCUT2D eigenvalue weighted by Gasteiger charge is -2.37. The average molecular weight is 392 g/mol. The van der Waals surface area contributed by atoms with Gasteiger partial charge < -0.3 is 14.5 Å². The molecular weight excluding hydrogens is 364 g/mol. The van der Waals surface area contributed by atoms with Crippen LogP contribution in [0.2, 0.25) is 0 Å². The molecule has 4 rings (SSSR count). The monoisotopic (exact) mass is 392 g/mol. The third kappa shape index (κ3) is 4.44. The van der Waals surface area contributed by atoms with E-state index in [1.807, 2.05) is 36.4 Å². The van der Waals surface area contributed by atoms with Gasteiger partial charge in [-0.25, -0.2) is 4.79 Å². The highest BCUT2D eigenvalue weighted by Crippen LogP contribution is 2.23. The number of piperazine rings is 1. The van der Waals surface area contributed by atoms with E-state index in [0.29, 0.717) is 18.7 Å². The minimum Gasteiger partial charge on any atom is -0.449 e. The summed E-state index contributed by atoms with van der Waals surface area (Å²) in [7, 11) is 0. The maximum Gasteiger partial charge on any atom is 0.338 e. The van der Waals surface area contributed by atoms with Crippen molar-refractivity contribution in [1.82, 2.24) is 4.90 Å². The smallest absolute Gasteiger partial charge is 0.338 e. The van der Waals surface area contributed by atoms with E-state index in [1.165, 1.54) is 23.2 Å². The van der Waals surface area contributed by atoms with Gasteiger partial charge in [0, 0.05) is 31.9 Å². The number of hydrogen-bond donors (Lipinski definition) is 0. The zero-order valence-electron chi connectivity index (χ0n) is 17.0. The number of para-hydroxylation sites is 1. The Kier molecular flexibility index (Phi) is 5.84. The quantitative estimate of drug-likeness (QED) is 0.748. The predicted molar refractivity (Wildman–Crippen MR) is 113 cm³/mol. The molecular formula is C24H28N2O3. The molecule has 1 heterocycles. The fraction of sp³-hybridized carbons (Fsp3) is 0.417. The molecule has 2 aromatic carbocycles. The standard InChI is InChI=1S/C24H28N2O3/c1-18(29-24(28)21-12-11-19-7-5-6-8-20(19)17-21)23(27)26-15-13-25(14-16-26)22-9-3-2-4-10-22/h2-4,9-12,17-18H,5-8,13-16H2,1H3/t18-/m0/s1. The molecule has 0 unspecified atom stereocenters. The molecule has 2 aromatic rings. The topological polar surface area (TPSA) is 49.9 Å². The highest BCUT2D eigenvalue weighted by Gasteiger charge is 2.27. The minimum absolute atomic E-state index is 0.121. The molecule has 29 heavy (non-hydrogen) atoms. The number of amides is 1. The first kappa shape index (κ1) is 19.5. The van der Waals surface area contributed by atoms with E-state index < -0.39 is 12.1 Å². The van der Waals surface area contributed by atoms with Crippen molar-refractivity contribution >= 4 is 17.6 Å². The van der Waals surface area contributed by atoms with E-state index in [9.17, 15) is 9.59 Å². The minimum atomic E-state index is -0.776. The van der Waals surface area contributed by atoms with Gasteiger partial charge in [-0.05, 0) is 68.0 Å². The summed E-state index contributed by atoms with van der Waals surface area (Å²) in [6, 6.07) is 16.0. The Hall–Kier alpha value is -2.82. The molecule has 5 heteroatoms. The molecule has 1 saturated heterocycles. The van der Waals surface area contributed by atoms with Gasteiger partial charge in [-0.15, -0.1) is 0 Å². The van der Waals surface area contributed by atoms with E-state index in [1.54, 1.807) is 11.8 Å². The Morgan fingerprint density at radius 1 is 0.897 bits per heavy atom. The summed E-state index contributed by atoms with van der Waals surface area (Å²) in [6.45, 7) is 4.49. The van der Waals surface area contributed by atoms with Crippen LogP contribution in [0.15, 0.2) is 48.5 Å². The van der Waals surface area contributed by atoms with Crippen molar-refractivity contribution in [1.29, 1.82) is 0 Å². The number of carbonyl (C=O) groups is 2. The number of fused-ring (bicyclic) bond motifs is 1. The molecule has 1 fully saturated rings. The third-order valence-corrected chi connectivity index (χ3v) is 5.93. The number of esters is 1. The molecule has 0 spiro atoms. The Balaban J connectivity index is 1.32. The Bertz CT molecular complexity index is 873. The molecule has 1 aliphatic heterocycles. The number of benzene rings is 2. The third-order valence-electron chi connectivity index (χ3n) is 5.93. The fourth-order valence-electron chi connectivity index (χ4n) is 4.22. The Morgan fingerprint density at radius 2 is 1.59 bits per heavy atom. The van der Waals surface area contributed by atoms with Crippen LogP contribution >= 0.6 is 0 Å².